The lowest BCUT2D eigenvalue weighted by atomic mass is 9.98. The van der Waals surface area contributed by atoms with Crippen molar-refractivity contribution in [1.82, 2.24) is 9.78 Å². The predicted octanol–water partition coefficient (Wildman–Crippen LogP) is 7.41. The van der Waals surface area contributed by atoms with Gasteiger partial charge in [0.2, 0.25) is 17.7 Å². The second kappa shape index (κ2) is 14.3. The number of methoxy groups -OCH3 is 1. The molecule has 0 fully saturated rings. The molecule has 0 saturated carbocycles. The zero-order valence-electron chi connectivity index (χ0n) is 28.8. The molecule has 0 N–H and O–H groups in total. The summed E-state index contributed by atoms with van der Waals surface area (Å²) < 4.78 is 7.26. The summed E-state index contributed by atoms with van der Waals surface area (Å²) in [7, 11) is 1.59. The number of carbonyl (C=O) groups is 3. The molecule has 1 aliphatic heterocycles. The molecule has 1 atom stereocenters. The Morgan fingerprint density at radius 2 is 1.39 bits per heavy atom. The average molecular weight is 678 g/mol. The van der Waals surface area contributed by atoms with Gasteiger partial charge in [0.25, 0.3) is 0 Å². The molecule has 51 heavy (non-hydrogen) atoms. The van der Waals surface area contributed by atoms with E-state index in [-0.39, 0.29) is 30.8 Å². The second-order valence-corrected chi connectivity index (χ2v) is 12.8. The van der Waals surface area contributed by atoms with Gasteiger partial charge in [-0.2, -0.15) is 5.10 Å². The quantitative estimate of drug-likeness (QED) is 0.141. The highest BCUT2D eigenvalue weighted by Crippen LogP contribution is 2.40. The Morgan fingerprint density at radius 3 is 2.08 bits per heavy atom. The van der Waals surface area contributed by atoms with Crippen LogP contribution in [0, 0.1) is 5.92 Å². The lowest BCUT2D eigenvalue weighted by Gasteiger charge is -2.31. The molecule has 1 aromatic heterocycles. The highest BCUT2D eigenvalue weighted by atomic mass is 16.5. The van der Waals surface area contributed by atoms with Crippen LogP contribution in [0.4, 0.5) is 22.7 Å². The average Bonchev–Trinajstić information content (AvgIpc) is 3.46. The summed E-state index contributed by atoms with van der Waals surface area (Å²) in [5.41, 5.74) is 4.95. The molecule has 0 saturated heterocycles. The van der Waals surface area contributed by atoms with Crippen molar-refractivity contribution in [2.24, 2.45) is 5.92 Å². The molecule has 9 heteroatoms. The molecular weight excluding hydrogens is 638 g/mol. The highest BCUT2D eigenvalue weighted by molar-refractivity contribution is 6.21. The Balaban J connectivity index is 1.31. The molecule has 0 spiro atoms. The molecule has 0 radical (unpaired) electrons. The van der Waals surface area contributed by atoms with Crippen LogP contribution in [0.1, 0.15) is 25.1 Å². The summed E-state index contributed by atoms with van der Waals surface area (Å²) in [4.78, 5) is 48.9. The van der Waals surface area contributed by atoms with Gasteiger partial charge in [-0.05, 0) is 74.0 Å². The van der Waals surface area contributed by atoms with Crippen LogP contribution in [0.3, 0.4) is 0 Å². The Bertz CT molecular complexity index is 2180. The molecule has 7 rings (SSSR count). The smallest absolute Gasteiger partial charge is 0.247 e. The molecule has 1 aliphatic rings. The minimum atomic E-state index is -1.16. The maximum Gasteiger partial charge on any atom is 0.247 e. The lowest BCUT2D eigenvalue weighted by Crippen LogP contribution is -2.48. The first-order valence-electron chi connectivity index (χ1n) is 17.1. The molecule has 2 heterocycles. The van der Waals surface area contributed by atoms with Crippen molar-refractivity contribution >= 4 is 51.4 Å². The lowest BCUT2D eigenvalue weighted by molar-refractivity contribution is -0.132. The summed E-state index contributed by atoms with van der Waals surface area (Å²) in [5, 5.41) is 5.88. The molecule has 0 aliphatic carbocycles. The zero-order chi connectivity index (χ0) is 35.5. The predicted molar refractivity (Wildman–Crippen MR) is 200 cm³/mol. The van der Waals surface area contributed by atoms with Crippen LogP contribution in [-0.4, -0.2) is 47.2 Å². The van der Waals surface area contributed by atoms with E-state index in [1.807, 2.05) is 134 Å². The largest absolute Gasteiger partial charge is 0.497 e. The Morgan fingerprint density at radius 1 is 0.765 bits per heavy atom. The van der Waals surface area contributed by atoms with Gasteiger partial charge in [0.15, 0.2) is 0 Å². The third-order valence-electron chi connectivity index (χ3n) is 9.25. The van der Waals surface area contributed by atoms with Gasteiger partial charge >= 0.3 is 0 Å². The van der Waals surface area contributed by atoms with Gasteiger partial charge in [-0.3, -0.25) is 24.0 Å². The van der Waals surface area contributed by atoms with Crippen molar-refractivity contribution in [3.05, 3.63) is 145 Å². The number of ether oxygens (including phenoxy) is 1. The van der Waals surface area contributed by atoms with Gasteiger partial charge < -0.3 is 14.5 Å². The van der Waals surface area contributed by atoms with E-state index in [9.17, 15) is 14.4 Å². The van der Waals surface area contributed by atoms with Gasteiger partial charge in [0.05, 0.1) is 36.2 Å². The minimum Gasteiger partial charge on any atom is -0.497 e. The number of para-hydroxylation sites is 4. The summed E-state index contributed by atoms with van der Waals surface area (Å²) in [6.07, 6.45) is 0.0500. The molecule has 9 nitrogen and oxygen atoms in total. The van der Waals surface area contributed by atoms with E-state index in [0.29, 0.717) is 40.7 Å². The first-order chi connectivity index (χ1) is 24.8. The minimum absolute atomic E-state index is 0.0500. The monoisotopic (exact) mass is 677 g/mol. The molecule has 6 aromatic rings. The van der Waals surface area contributed by atoms with E-state index in [1.165, 1.54) is 4.90 Å². The number of hydrogen-bond acceptors (Lipinski definition) is 5. The number of carbonyl (C=O) groups excluding carboxylic acids is 3. The SMILES string of the molecule is COc1ccc(N(C(=O)CN2C(=O)C(Cc3nn(Cc4ccccc4)c4ccccc34)C(=O)N(c3ccccc3)c3ccccc32)C(C)C)cc1. The molecular formula is C42H39N5O4. The number of benzene rings is 5. The maximum absolute atomic E-state index is 14.9. The molecule has 3 amide bonds. The van der Waals surface area contributed by atoms with Crippen LogP contribution in [0.5, 0.6) is 5.75 Å². The van der Waals surface area contributed by atoms with Crippen molar-refractivity contribution in [3.63, 3.8) is 0 Å². The van der Waals surface area contributed by atoms with Crippen LogP contribution >= 0.6 is 0 Å². The van der Waals surface area contributed by atoms with Crippen LogP contribution in [-0.2, 0) is 27.3 Å². The molecule has 0 bridgehead atoms. The van der Waals surface area contributed by atoms with Crippen molar-refractivity contribution < 1.29 is 19.1 Å². The number of hydrogen-bond donors (Lipinski definition) is 0. The van der Waals surface area contributed by atoms with E-state index < -0.39 is 11.8 Å². The summed E-state index contributed by atoms with van der Waals surface area (Å²) in [6, 6.07) is 41.6. The first-order valence-corrected chi connectivity index (χ1v) is 17.1. The Kier molecular flexibility index (Phi) is 9.35. The Hall–Kier alpha value is -6.22. The number of rotatable bonds is 10. The van der Waals surface area contributed by atoms with Crippen LogP contribution in [0.15, 0.2) is 133 Å². The zero-order valence-corrected chi connectivity index (χ0v) is 28.8. The number of aromatic nitrogens is 2. The van der Waals surface area contributed by atoms with Crippen molar-refractivity contribution in [3.8, 4) is 5.75 Å². The van der Waals surface area contributed by atoms with Crippen LogP contribution in [0.25, 0.3) is 10.9 Å². The van der Waals surface area contributed by atoms with Gasteiger partial charge in [0, 0.05) is 29.2 Å². The van der Waals surface area contributed by atoms with Gasteiger partial charge in [-0.25, -0.2) is 0 Å². The summed E-state index contributed by atoms with van der Waals surface area (Å²) in [6.45, 7) is 4.13. The van der Waals surface area contributed by atoms with Crippen LogP contribution in [0.2, 0.25) is 0 Å². The first kappa shape index (κ1) is 33.3. The van der Waals surface area contributed by atoms with E-state index in [0.717, 1.165) is 16.5 Å². The van der Waals surface area contributed by atoms with E-state index in [4.69, 9.17) is 9.84 Å². The van der Waals surface area contributed by atoms with Crippen molar-refractivity contribution in [1.29, 1.82) is 0 Å². The number of nitrogens with zero attached hydrogens (tertiary/aromatic N) is 5. The van der Waals surface area contributed by atoms with Gasteiger partial charge in [-0.15, -0.1) is 0 Å². The van der Waals surface area contributed by atoms with Gasteiger partial charge in [-0.1, -0.05) is 78.9 Å². The van der Waals surface area contributed by atoms with Gasteiger partial charge in [0.1, 0.15) is 18.2 Å². The maximum atomic E-state index is 14.9. The number of anilines is 4. The van der Waals surface area contributed by atoms with Crippen molar-refractivity contribution in [2.75, 3.05) is 28.4 Å². The van der Waals surface area contributed by atoms with E-state index in [2.05, 4.69) is 0 Å². The van der Waals surface area contributed by atoms with E-state index in [1.54, 1.807) is 35.1 Å². The Labute approximate surface area is 297 Å². The van der Waals surface area contributed by atoms with E-state index >= 15 is 0 Å². The fourth-order valence-electron chi connectivity index (χ4n) is 6.85. The molecule has 5 aromatic carbocycles. The highest BCUT2D eigenvalue weighted by Gasteiger charge is 2.42. The third kappa shape index (κ3) is 6.58. The molecule has 256 valence electrons. The fraction of sp³-hybridized carbons (Fsp3) is 0.190. The normalized spacial score (nSPS) is 14.5. The topological polar surface area (TPSA) is 88.0 Å². The van der Waals surface area contributed by atoms with Crippen LogP contribution < -0.4 is 19.4 Å². The summed E-state index contributed by atoms with van der Waals surface area (Å²) >= 11 is 0. The number of fused-ring (bicyclic) bond motifs is 2. The molecule has 1 unspecified atom stereocenters. The standard InChI is InChI=1S/C42H39N5O4/c1-29(2)46(32-22-24-33(51-3)25-23-32)40(48)28-44-38-20-12-13-21-39(38)47(31-16-8-5-9-17-31)42(50)35(41(44)49)26-36-34-18-10-11-19-37(34)45(43-36)27-30-14-6-4-7-15-30/h4-25,29,35H,26-28H2,1-3H3. The third-order valence-corrected chi connectivity index (χ3v) is 9.25. The fourth-order valence-corrected chi connectivity index (χ4v) is 6.85. The number of amides is 3. The second-order valence-electron chi connectivity index (χ2n) is 12.8. The van der Waals surface area contributed by atoms with Crippen molar-refractivity contribution in [2.45, 2.75) is 32.9 Å². The summed E-state index contributed by atoms with van der Waals surface area (Å²) in [5.74, 6) is -1.62.